The number of ketones is 1. The van der Waals surface area contributed by atoms with Gasteiger partial charge in [-0.2, -0.15) is 4.98 Å². The van der Waals surface area contributed by atoms with Gasteiger partial charge in [-0.05, 0) is 6.92 Å². The Labute approximate surface area is 147 Å². The van der Waals surface area contributed by atoms with E-state index >= 15 is 0 Å². The summed E-state index contributed by atoms with van der Waals surface area (Å²) in [5, 5.41) is 20.5. The Hall–Kier alpha value is -2.63. The number of carbonyl (C=O) groups is 2. The van der Waals surface area contributed by atoms with Gasteiger partial charge in [-0.1, -0.05) is 0 Å². The number of hydrogen-bond acceptors (Lipinski definition) is 10. The van der Waals surface area contributed by atoms with Crippen molar-refractivity contribution in [1.82, 2.24) is 19.5 Å². The van der Waals surface area contributed by atoms with Crippen molar-refractivity contribution in [3.05, 3.63) is 12.7 Å². The van der Waals surface area contributed by atoms with E-state index in [2.05, 4.69) is 15.0 Å². The molecular formula is C15H18N4O7. The Morgan fingerprint density at radius 2 is 2.04 bits per heavy atom. The molecule has 3 rings (SSSR count). The normalized spacial score (nSPS) is 25.4. The van der Waals surface area contributed by atoms with Crippen molar-refractivity contribution in [1.29, 1.82) is 0 Å². The van der Waals surface area contributed by atoms with Crippen LogP contribution in [0, 0.1) is 0 Å². The Kier molecular flexibility index (Phi) is 5.11. The molecule has 11 heteroatoms. The van der Waals surface area contributed by atoms with Crippen molar-refractivity contribution in [3.8, 4) is 5.88 Å². The monoisotopic (exact) mass is 366 g/mol. The molecule has 3 heterocycles. The molecule has 4 atom stereocenters. The number of nitrogens with zero attached hydrogens (tertiary/aromatic N) is 4. The number of esters is 1. The lowest BCUT2D eigenvalue weighted by Crippen LogP contribution is -2.34. The molecule has 1 aliphatic heterocycles. The van der Waals surface area contributed by atoms with Crippen LogP contribution in [0.2, 0.25) is 0 Å². The van der Waals surface area contributed by atoms with Gasteiger partial charge in [0.2, 0.25) is 5.88 Å². The van der Waals surface area contributed by atoms with E-state index in [-0.39, 0.29) is 24.7 Å². The first kappa shape index (κ1) is 18.2. The lowest BCUT2D eigenvalue weighted by molar-refractivity contribution is -0.151. The van der Waals surface area contributed by atoms with Crippen LogP contribution in [-0.2, 0) is 19.1 Å². The fourth-order valence-corrected chi connectivity index (χ4v) is 2.69. The van der Waals surface area contributed by atoms with Gasteiger partial charge in [-0.25, -0.2) is 9.97 Å². The van der Waals surface area contributed by atoms with Gasteiger partial charge >= 0.3 is 5.97 Å². The molecule has 2 N–H and O–H groups in total. The second-order valence-corrected chi connectivity index (χ2v) is 5.82. The third-order valence-corrected chi connectivity index (χ3v) is 3.93. The van der Waals surface area contributed by atoms with Crippen LogP contribution in [0.5, 0.6) is 5.88 Å². The third kappa shape index (κ3) is 3.36. The second kappa shape index (κ2) is 7.32. The van der Waals surface area contributed by atoms with E-state index in [0.29, 0.717) is 11.2 Å². The number of aliphatic hydroxyl groups excluding tert-OH is 2. The van der Waals surface area contributed by atoms with E-state index in [4.69, 9.17) is 14.2 Å². The van der Waals surface area contributed by atoms with Gasteiger partial charge in [-0.15, -0.1) is 0 Å². The van der Waals surface area contributed by atoms with Crippen LogP contribution in [-0.4, -0.2) is 73.5 Å². The molecule has 0 bridgehead atoms. The molecule has 0 saturated carbocycles. The summed E-state index contributed by atoms with van der Waals surface area (Å²) in [5.74, 6) is -0.799. The van der Waals surface area contributed by atoms with E-state index in [1.165, 1.54) is 31.3 Å². The highest BCUT2D eigenvalue weighted by Gasteiger charge is 2.45. The largest absolute Gasteiger partial charge is 0.479 e. The summed E-state index contributed by atoms with van der Waals surface area (Å²) in [6.07, 6.45) is -2.27. The smallest absolute Gasteiger partial charge is 0.313 e. The number of Topliss-reactive ketones (excluding diaryl/α,β-unsaturated/α-hetero) is 1. The highest BCUT2D eigenvalue weighted by Crippen LogP contribution is 2.32. The molecule has 1 saturated heterocycles. The fourth-order valence-electron chi connectivity index (χ4n) is 2.69. The number of carbonyl (C=O) groups excluding carboxylic acids is 2. The summed E-state index contributed by atoms with van der Waals surface area (Å²) in [6, 6.07) is 0. The first-order valence-corrected chi connectivity index (χ1v) is 7.80. The molecule has 0 aliphatic carbocycles. The topological polar surface area (TPSA) is 146 Å². The van der Waals surface area contributed by atoms with Gasteiger partial charge in [-0.3, -0.25) is 14.2 Å². The molecule has 0 spiro atoms. The lowest BCUT2D eigenvalue weighted by atomic mass is 10.1. The minimum Gasteiger partial charge on any atom is -0.479 e. The number of rotatable bonds is 6. The predicted octanol–water partition coefficient (Wildman–Crippen LogP) is -1.02. The first-order chi connectivity index (χ1) is 12.4. The quantitative estimate of drug-likeness (QED) is 0.481. The summed E-state index contributed by atoms with van der Waals surface area (Å²) >= 11 is 0. The molecule has 2 aromatic heterocycles. The van der Waals surface area contributed by atoms with E-state index in [9.17, 15) is 19.8 Å². The van der Waals surface area contributed by atoms with E-state index < -0.39 is 30.5 Å². The molecule has 0 amide bonds. The molecular weight excluding hydrogens is 348 g/mol. The molecule has 26 heavy (non-hydrogen) atoms. The van der Waals surface area contributed by atoms with Gasteiger partial charge in [0.25, 0.3) is 0 Å². The lowest BCUT2D eigenvalue weighted by Gasteiger charge is -2.16. The maximum absolute atomic E-state index is 11.5. The highest BCUT2D eigenvalue weighted by atomic mass is 16.6. The van der Waals surface area contributed by atoms with Crippen molar-refractivity contribution in [2.75, 3.05) is 13.7 Å². The number of ether oxygens (including phenoxy) is 3. The number of aliphatic hydroxyl groups is 2. The van der Waals surface area contributed by atoms with Gasteiger partial charge in [0.1, 0.15) is 43.5 Å². The van der Waals surface area contributed by atoms with Gasteiger partial charge < -0.3 is 24.4 Å². The minimum atomic E-state index is -1.30. The van der Waals surface area contributed by atoms with Crippen LogP contribution in [0.4, 0.5) is 0 Å². The van der Waals surface area contributed by atoms with Crippen molar-refractivity contribution < 1.29 is 34.0 Å². The number of fused-ring (bicyclic) bond motifs is 1. The van der Waals surface area contributed by atoms with E-state index in [1.807, 2.05) is 0 Å². The Balaban J connectivity index is 1.76. The van der Waals surface area contributed by atoms with Crippen molar-refractivity contribution in [2.45, 2.75) is 37.9 Å². The van der Waals surface area contributed by atoms with Crippen LogP contribution in [0.3, 0.4) is 0 Å². The number of methoxy groups -OCH3 is 1. The average Bonchev–Trinajstić information content (AvgIpc) is 3.15. The van der Waals surface area contributed by atoms with Gasteiger partial charge in [0, 0.05) is 0 Å². The number of hydrogen-bond donors (Lipinski definition) is 2. The fraction of sp³-hybridized carbons (Fsp3) is 0.533. The first-order valence-electron chi connectivity index (χ1n) is 7.80. The standard InChI is InChI=1S/C15H18N4O7/c1-7(20)3-9(21)25-4-8-11(22)12(23)15(26-8)19-6-18-10-13(19)16-5-17-14(10)24-2/h5-6,8,11-12,15,22-23H,3-4H2,1-2H3/t8-,11-,12+,15-/m1/s1. The van der Waals surface area contributed by atoms with Crippen LogP contribution in [0.1, 0.15) is 19.6 Å². The SMILES string of the molecule is COc1ncnc2c1ncn2[C@@H]1O[C@H](COC(=O)CC(C)=O)[C@@H](O)[C@@H]1O. The minimum absolute atomic E-state index is 0.261. The summed E-state index contributed by atoms with van der Waals surface area (Å²) in [7, 11) is 1.44. The molecule has 1 fully saturated rings. The zero-order valence-electron chi connectivity index (χ0n) is 14.1. The van der Waals surface area contributed by atoms with E-state index in [1.54, 1.807) is 0 Å². The van der Waals surface area contributed by atoms with Crippen molar-refractivity contribution >= 4 is 22.9 Å². The van der Waals surface area contributed by atoms with Gasteiger partial charge in [0.15, 0.2) is 17.4 Å². The molecule has 140 valence electrons. The van der Waals surface area contributed by atoms with Crippen LogP contribution in [0.15, 0.2) is 12.7 Å². The van der Waals surface area contributed by atoms with Crippen LogP contribution >= 0.6 is 0 Å². The molecule has 0 unspecified atom stereocenters. The van der Waals surface area contributed by atoms with E-state index in [0.717, 1.165) is 0 Å². The molecule has 11 nitrogen and oxygen atoms in total. The van der Waals surface area contributed by atoms with Crippen molar-refractivity contribution in [2.24, 2.45) is 0 Å². The van der Waals surface area contributed by atoms with Crippen LogP contribution in [0.25, 0.3) is 11.2 Å². The molecule has 2 aromatic rings. The maximum atomic E-state index is 11.5. The predicted molar refractivity (Wildman–Crippen MR) is 84.1 cm³/mol. The maximum Gasteiger partial charge on any atom is 0.313 e. The molecule has 1 aliphatic rings. The summed E-state index contributed by atoms with van der Waals surface area (Å²) < 4.78 is 17.1. The highest BCUT2D eigenvalue weighted by molar-refractivity contribution is 5.94. The molecule has 0 aromatic carbocycles. The molecule has 0 radical (unpaired) electrons. The second-order valence-electron chi connectivity index (χ2n) is 5.82. The number of imidazole rings is 1. The Morgan fingerprint density at radius 1 is 1.27 bits per heavy atom. The number of aromatic nitrogens is 4. The Morgan fingerprint density at radius 3 is 2.73 bits per heavy atom. The summed E-state index contributed by atoms with van der Waals surface area (Å²) in [6.45, 7) is 0.966. The summed E-state index contributed by atoms with van der Waals surface area (Å²) in [5.41, 5.74) is 0.721. The zero-order chi connectivity index (χ0) is 18.8. The van der Waals surface area contributed by atoms with Crippen LogP contribution < -0.4 is 4.74 Å². The average molecular weight is 366 g/mol. The van der Waals surface area contributed by atoms with Crippen molar-refractivity contribution in [3.63, 3.8) is 0 Å². The van der Waals surface area contributed by atoms with Gasteiger partial charge in [0.05, 0.1) is 13.4 Å². The summed E-state index contributed by atoms with van der Waals surface area (Å²) in [4.78, 5) is 34.5. The third-order valence-electron chi connectivity index (χ3n) is 3.93. The Bertz CT molecular complexity index is 823. The zero-order valence-corrected chi connectivity index (χ0v) is 14.1.